The molecule has 1 aromatic carbocycles. The Labute approximate surface area is 116 Å². The fourth-order valence-corrected chi connectivity index (χ4v) is 3.51. The van der Waals surface area contributed by atoms with E-state index in [1.807, 2.05) is 12.1 Å². The number of hydrogen-bond acceptors (Lipinski definition) is 3. The molecule has 5 heteroatoms. The smallest absolute Gasteiger partial charge is 0.133 e. The molecule has 1 heterocycles. The number of phenols is 1. The van der Waals surface area contributed by atoms with Crippen molar-refractivity contribution in [3.05, 3.63) is 24.8 Å². The number of phenolic OH excluding ortho intramolecular Hbond substituents is 1. The molecule has 1 fully saturated rings. The Hall–Kier alpha value is 0.400. The molecule has 0 saturated carbocycles. The largest absolute Gasteiger partial charge is 0.506 e. The Kier molecular flexibility index (Phi) is 4.08. The molecule has 2 rings (SSSR count). The maximum atomic E-state index is 9.97. The summed E-state index contributed by atoms with van der Waals surface area (Å²) in [5.41, 5.74) is 0.936. The summed E-state index contributed by atoms with van der Waals surface area (Å²) in [5.74, 6) is 0.374. The number of hydrogen-bond donors (Lipinski definition) is 2. The van der Waals surface area contributed by atoms with Crippen molar-refractivity contribution < 1.29 is 9.84 Å². The molecule has 2 N–H and O–H groups in total. The second-order valence-corrected chi connectivity index (χ2v) is 5.81. The van der Waals surface area contributed by atoms with E-state index in [1.54, 1.807) is 0 Å². The first-order valence-electron chi connectivity index (χ1n) is 4.67. The van der Waals surface area contributed by atoms with E-state index < -0.39 is 0 Å². The van der Waals surface area contributed by atoms with Gasteiger partial charge in [-0.3, -0.25) is 0 Å². The van der Waals surface area contributed by atoms with Crippen LogP contribution in [0.1, 0.15) is 11.6 Å². The third-order valence-electron chi connectivity index (χ3n) is 2.35. The van der Waals surface area contributed by atoms with Crippen molar-refractivity contribution in [3.8, 4) is 5.75 Å². The number of benzene rings is 1. The number of rotatable bonds is 1. The average molecular weight is 431 g/mol. The fraction of sp³-hybridized carbons (Fsp3) is 0.400. The standard InChI is InChI=1S/C10H11I2NO2/c11-6-3-7(10(14)8(12)4-6)9-5-15-2-1-13-9/h3-4,9,13-14H,1-2,5H2/t9-/m1/s1. The molecule has 82 valence electrons. The molecule has 15 heavy (non-hydrogen) atoms. The van der Waals surface area contributed by atoms with Gasteiger partial charge in [0.1, 0.15) is 5.75 Å². The Balaban J connectivity index is 2.33. The predicted molar refractivity (Wildman–Crippen MR) is 75.1 cm³/mol. The van der Waals surface area contributed by atoms with Crippen LogP contribution in [0.2, 0.25) is 0 Å². The van der Waals surface area contributed by atoms with E-state index in [2.05, 4.69) is 50.5 Å². The zero-order valence-electron chi connectivity index (χ0n) is 7.96. The van der Waals surface area contributed by atoms with E-state index >= 15 is 0 Å². The zero-order valence-corrected chi connectivity index (χ0v) is 12.3. The normalized spacial score (nSPS) is 21.6. The van der Waals surface area contributed by atoms with Crippen LogP contribution < -0.4 is 5.32 Å². The minimum Gasteiger partial charge on any atom is -0.506 e. The van der Waals surface area contributed by atoms with Crippen LogP contribution in [0.5, 0.6) is 5.75 Å². The van der Waals surface area contributed by atoms with Crippen LogP contribution in [0.15, 0.2) is 12.1 Å². The molecule has 0 bridgehead atoms. The van der Waals surface area contributed by atoms with Crippen LogP contribution in [0, 0.1) is 7.14 Å². The zero-order chi connectivity index (χ0) is 10.8. The van der Waals surface area contributed by atoms with Crippen LogP contribution in [0.25, 0.3) is 0 Å². The minimum atomic E-state index is 0.113. The van der Waals surface area contributed by atoms with Gasteiger partial charge in [0.05, 0.1) is 22.8 Å². The van der Waals surface area contributed by atoms with Crippen molar-refractivity contribution in [3.63, 3.8) is 0 Å². The summed E-state index contributed by atoms with van der Waals surface area (Å²) in [5, 5.41) is 13.3. The van der Waals surface area contributed by atoms with Gasteiger partial charge in [-0.1, -0.05) is 0 Å². The summed E-state index contributed by atoms with van der Waals surface area (Å²) >= 11 is 4.41. The molecule has 0 spiro atoms. The summed E-state index contributed by atoms with van der Waals surface area (Å²) in [6.45, 7) is 2.22. The van der Waals surface area contributed by atoms with Crippen molar-refractivity contribution in [2.24, 2.45) is 0 Å². The summed E-state index contributed by atoms with van der Waals surface area (Å²) in [6, 6.07) is 4.08. The second kappa shape index (κ2) is 5.15. The van der Waals surface area contributed by atoms with E-state index in [4.69, 9.17) is 4.74 Å². The molecule has 1 aliphatic rings. The molecular weight excluding hydrogens is 420 g/mol. The first-order chi connectivity index (χ1) is 7.18. The van der Waals surface area contributed by atoms with Crippen LogP contribution in [0.4, 0.5) is 0 Å². The second-order valence-electron chi connectivity index (χ2n) is 3.41. The van der Waals surface area contributed by atoms with Gasteiger partial charge in [-0.2, -0.15) is 0 Å². The Morgan fingerprint density at radius 2 is 2.20 bits per heavy atom. The lowest BCUT2D eigenvalue weighted by molar-refractivity contribution is 0.0760. The fourth-order valence-electron chi connectivity index (χ4n) is 1.62. The van der Waals surface area contributed by atoms with Gasteiger partial charge in [0, 0.05) is 15.7 Å². The van der Waals surface area contributed by atoms with Gasteiger partial charge in [-0.05, 0) is 57.3 Å². The van der Waals surface area contributed by atoms with Gasteiger partial charge in [-0.25, -0.2) is 0 Å². The molecule has 1 aromatic rings. The quantitative estimate of drug-likeness (QED) is 0.671. The van der Waals surface area contributed by atoms with Gasteiger partial charge >= 0.3 is 0 Å². The van der Waals surface area contributed by atoms with E-state index in [0.29, 0.717) is 12.4 Å². The third kappa shape index (κ3) is 2.75. The van der Waals surface area contributed by atoms with Gasteiger partial charge < -0.3 is 15.2 Å². The molecule has 1 saturated heterocycles. The van der Waals surface area contributed by atoms with Crippen molar-refractivity contribution in [2.75, 3.05) is 19.8 Å². The molecule has 0 amide bonds. The highest BCUT2D eigenvalue weighted by molar-refractivity contribution is 14.1. The first kappa shape index (κ1) is 11.9. The van der Waals surface area contributed by atoms with Crippen LogP contribution >= 0.6 is 45.2 Å². The molecule has 0 radical (unpaired) electrons. The van der Waals surface area contributed by atoms with E-state index in [1.165, 1.54) is 0 Å². The summed E-state index contributed by atoms with van der Waals surface area (Å²) in [7, 11) is 0. The number of halogens is 2. The van der Waals surface area contributed by atoms with Crippen molar-refractivity contribution in [2.45, 2.75) is 6.04 Å². The molecule has 1 atom stereocenters. The van der Waals surface area contributed by atoms with E-state index in [0.717, 1.165) is 25.9 Å². The monoisotopic (exact) mass is 431 g/mol. The maximum absolute atomic E-state index is 9.97. The van der Waals surface area contributed by atoms with Gasteiger partial charge in [0.15, 0.2) is 0 Å². The number of ether oxygens (including phenoxy) is 1. The third-order valence-corrected chi connectivity index (χ3v) is 3.80. The van der Waals surface area contributed by atoms with Crippen LogP contribution in [-0.4, -0.2) is 24.9 Å². The number of morpholine rings is 1. The molecule has 3 nitrogen and oxygen atoms in total. The van der Waals surface area contributed by atoms with Crippen molar-refractivity contribution in [1.29, 1.82) is 0 Å². The topological polar surface area (TPSA) is 41.5 Å². The SMILES string of the molecule is Oc1c(I)cc(I)cc1[C@H]1COCCN1. The van der Waals surface area contributed by atoms with Crippen molar-refractivity contribution in [1.82, 2.24) is 5.32 Å². The highest BCUT2D eigenvalue weighted by Gasteiger charge is 2.20. The highest BCUT2D eigenvalue weighted by atomic mass is 127. The van der Waals surface area contributed by atoms with Crippen LogP contribution in [-0.2, 0) is 4.74 Å². The summed E-state index contributed by atoms with van der Waals surface area (Å²) < 4.78 is 7.42. The Morgan fingerprint density at radius 3 is 2.87 bits per heavy atom. The highest BCUT2D eigenvalue weighted by Crippen LogP contribution is 2.32. The summed E-state index contributed by atoms with van der Waals surface area (Å²) in [6.07, 6.45) is 0. The van der Waals surface area contributed by atoms with Gasteiger partial charge in [0.2, 0.25) is 0 Å². The molecule has 0 aromatic heterocycles. The molecule has 0 aliphatic carbocycles. The van der Waals surface area contributed by atoms with Crippen molar-refractivity contribution >= 4 is 45.2 Å². The summed E-state index contributed by atoms with van der Waals surface area (Å²) in [4.78, 5) is 0. The molecule has 0 unspecified atom stereocenters. The molecule has 1 aliphatic heterocycles. The first-order valence-corrected chi connectivity index (χ1v) is 6.83. The van der Waals surface area contributed by atoms with Crippen LogP contribution in [0.3, 0.4) is 0 Å². The lowest BCUT2D eigenvalue weighted by Gasteiger charge is -2.25. The Morgan fingerprint density at radius 1 is 1.40 bits per heavy atom. The van der Waals surface area contributed by atoms with Gasteiger partial charge in [0.25, 0.3) is 0 Å². The minimum absolute atomic E-state index is 0.113. The number of nitrogens with one attached hydrogen (secondary N) is 1. The number of aromatic hydroxyl groups is 1. The molecular formula is C10H11I2NO2. The predicted octanol–water partition coefficient (Wildman–Crippen LogP) is 2.26. The van der Waals surface area contributed by atoms with E-state index in [9.17, 15) is 5.11 Å². The maximum Gasteiger partial charge on any atom is 0.133 e. The Bertz CT molecular complexity index is 365. The lowest BCUT2D eigenvalue weighted by Crippen LogP contribution is -2.34. The average Bonchev–Trinajstić information content (AvgIpc) is 2.24. The lowest BCUT2D eigenvalue weighted by atomic mass is 10.1. The van der Waals surface area contributed by atoms with Gasteiger partial charge in [-0.15, -0.1) is 0 Å². The van der Waals surface area contributed by atoms with E-state index in [-0.39, 0.29) is 6.04 Å².